The first kappa shape index (κ1) is 36.8. The zero-order valence-electron chi connectivity index (χ0n) is 24.6. The predicted molar refractivity (Wildman–Crippen MR) is 143 cm³/mol. The molecule has 0 bridgehead atoms. The average molecular weight is 631 g/mol. The first-order chi connectivity index (χ1) is 20.5. The van der Waals surface area contributed by atoms with Gasteiger partial charge in [-0.2, -0.15) is 0 Å². The molecule has 3 rings (SSSR count). The van der Waals surface area contributed by atoms with Gasteiger partial charge in [-0.25, -0.2) is 0 Å². The molecule has 3 aliphatic heterocycles. The van der Waals surface area contributed by atoms with Crippen LogP contribution in [-0.2, 0) is 33.2 Å². The number of unbranched alkanes of at least 4 members (excludes halogenated alkanes) is 5. The van der Waals surface area contributed by atoms with E-state index in [4.69, 9.17) is 33.2 Å². The molecule has 0 amide bonds. The van der Waals surface area contributed by atoms with E-state index >= 15 is 0 Å². The number of hydrogen-bond acceptors (Lipinski definition) is 16. The second-order valence-electron chi connectivity index (χ2n) is 11.3. The number of ether oxygens (including phenoxy) is 7. The van der Waals surface area contributed by atoms with Gasteiger partial charge in [0, 0.05) is 13.7 Å². The Labute approximate surface area is 250 Å². The fourth-order valence-corrected chi connectivity index (χ4v) is 5.30. The SMILES string of the molecule is CCCCCCCCO[C@@H]1O[C@H](CO[C@H]2O[C@H](COC)[C@@H](O)[C@H](O)[C@@H]2O)[C@@H](O)[C@H](O[C@H]2O[C@H](CO)[C@@H](O)[C@H](O)[C@@H]2O)[C@@H]1O. The van der Waals surface area contributed by atoms with Crippen LogP contribution in [0.25, 0.3) is 0 Å². The lowest BCUT2D eigenvalue weighted by Crippen LogP contribution is -2.65. The summed E-state index contributed by atoms with van der Waals surface area (Å²) in [5, 5.41) is 93.2. The van der Waals surface area contributed by atoms with Crippen LogP contribution < -0.4 is 0 Å². The van der Waals surface area contributed by atoms with Crippen molar-refractivity contribution in [3.8, 4) is 0 Å². The summed E-state index contributed by atoms with van der Waals surface area (Å²) in [5.74, 6) is 0. The summed E-state index contributed by atoms with van der Waals surface area (Å²) in [6.45, 7) is 1.04. The number of hydrogen-bond donors (Lipinski definition) is 9. The van der Waals surface area contributed by atoms with Crippen LogP contribution in [0.1, 0.15) is 45.4 Å². The molecule has 3 saturated heterocycles. The third-order valence-electron chi connectivity index (χ3n) is 7.99. The molecule has 3 heterocycles. The molecule has 3 aliphatic rings. The first-order valence-corrected chi connectivity index (χ1v) is 14.9. The number of aliphatic hydroxyl groups excluding tert-OH is 9. The molecule has 0 aromatic carbocycles. The Bertz CT molecular complexity index is 777. The molecule has 0 saturated carbocycles. The molecule has 0 aromatic heterocycles. The molecule has 0 radical (unpaired) electrons. The normalized spacial score (nSPS) is 44.0. The summed E-state index contributed by atoms with van der Waals surface area (Å²) in [6, 6.07) is 0. The quantitative estimate of drug-likeness (QED) is 0.0750. The molecule has 43 heavy (non-hydrogen) atoms. The minimum Gasteiger partial charge on any atom is -0.394 e. The summed E-state index contributed by atoms with van der Waals surface area (Å²) < 4.78 is 38.8. The molecule has 0 aliphatic carbocycles. The highest BCUT2D eigenvalue weighted by molar-refractivity contribution is 4.95. The average Bonchev–Trinajstić information content (AvgIpc) is 2.99. The minimum atomic E-state index is -1.80. The Balaban J connectivity index is 1.70. The molecule has 0 spiro atoms. The summed E-state index contributed by atoms with van der Waals surface area (Å²) in [5.41, 5.74) is 0. The Morgan fingerprint density at radius 1 is 0.535 bits per heavy atom. The van der Waals surface area contributed by atoms with Crippen molar-refractivity contribution in [1.82, 2.24) is 0 Å². The van der Waals surface area contributed by atoms with Crippen LogP contribution in [0.2, 0.25) is 0 Å². The number of methoxy groups -OCH3 is 1. The van der Waals surface area contributed by atoms with E-state index in [9.17, 15) is 46.0 Å². The fraction of sp³-hybridized carbons (Fsp3) is 1.00. The highest BCUT2D eigenvalue weighted by Crippen LogP contribution is 2.31. The Hall–Kier alpha value is -0.640. The highest BCUT2D eigenvalue weighted by atomic mass is 16.7. The lowest BCUT2D eigenvalue weighted by molar-refractivity contribution is -0.366. The molecule has 0 unspecified atom stereocenters. The van der Waals surface area contributed by atoms with Gasteiger partial charge < -0.3 is 79.1 Å². The van der Waals surface area contributed by atoms with Gasteiger partial charge in [0.05, 0.1) is 19.8 Å². The number of rotatable bonds is 16. The van der Waals surface area contributed by atoms with Gasteiger partial charge in [-0.05, 0) is 6.42 Å². The molecule has 15 atom stereocenters. The second-order valence-corrected chi connectivity index (χ2v) is 11.3. The zero-order chi connectivity index (χ0) is 31.7. The smallest absolute Gasteiger partial charge is 0.187 e. The summed E-state index contributed by atoms with van der Waals surface area (Å²) >= 11 is 0. The van der Waals surface area contributed by atoms with Crippen LogP contribution in [0.15, 0.2) is 0 Å². The van der Waals surface area contributed by atoms with E-state index in [0.29, 0.717) is 6.42 Å². The molecule has 254 valence electrons. The van der Waals surface area contributed by atoms with E-state index in [0.717, 1.165) is 32.1 Å². The maximum absolute atomic E-state index is 11.1. The lowest BCUT2D eigenvalue weighted by Gasteiger charge is -2.46. The van der Waals surface area contributed by atoms with Crippen molar-refractivity contribution in [3.63, 3.8) is 0 Å². The van der Waals surface area contributed by atoms with Crippen LogP contribution in [0.3, 0.4) is 0 Å². The van der Waals surface area contributed by atoms with Crippen molar-refractivity contribution in [1.29, 1.82) is 0 Å². The van der Waals surface area contributed by atoms with Gasteiger partial charge in [-0.15, -0.1) is 0 Å². The summed E-state index contributed by atoms with van der Waals surface area (Å²) in [4.78, 5) is 0. The molecule has 3 fully saturated rings. The van der Waals surface area contributed by atoms with Gasteiger partial charge in [0.1, 0.15) is 73.2 Å². The fourth-order valence-electron chi connectivity index (χ4n) is 5.30. The van der Waals surface area contributed by atoms with E-state index in [1.165, 1.54) is 7.11 Å². The van der Waals surface area contributed by atoms with E-state index < -0.39 is 105 Å². The van der Waals surface area contributed by atoms with Gasteiger partial charge in [0.25, 0.3) is 0 Å². The number of aliphatic hydroxyl groups is 9. The topological polar surface area (TPSA) is 247 Å². The monoisotopic (exact) mass is 630 g/mol. The Kier molecular flexibility index (Phi) is 15.3. The second kappa shape index (κ2) is 17.9. The Morgan fingerprint density at radius 3 is 1.70 bits per heavy atom. The maximum atomic E-state index is 11.1. The molecule has 9 N–H and O–H groups in total. The lowest BCUT2D eigenvalue weighted by atomic mass is 9.96. The Morgan fingerprint density at radius 2 is 1.07 bits per heavy atom. The van der Waals surface area contributed by atoms with Crippen LogP contribution in [0, 0.1) is 0 Å². The molecular weight excluding hydrogens is 580 g/mol. The van der Waals surface area contributed by atoms with Gasteiger partial charge in [0.2, 0.25) is 0 Å². The molecule has 16 nitrogen and oxygen atoms in total. The third-order valence-corrected chi connectivity index (χ3v) is 7.99. The van der Waals surface area contributed by atoms with E-state index in [2.05, 4.69) is 6.92 Å². The van der Waals surface area contributed by atoms with Crippen molar-refractivity contribution in [2.24, 2.45) is 0 Å². The summed E-state index contributed by atoms with van der Waals surface area (Å²) in [6.07, 6.45) is -16.9. The standard InChI is InChI=1S/C27H50O16/c1-3-4-5-6-7-8-9-38-26-23(36)24(43-27-22(35)19(32)16(29)13(10-28)40-27)18(31)15(42-26)12-39-25-21(34)20(33)17(30)14(41-25)11-37-2/h13-36H,3-12H2,1-2H3/t13-,14-,15-,16-,17-,18-,19+,20+,21+,22+,23+,24+,25+,26-,27-/m1/s1. The van der Waals surface area contributed by atoms with E-state index in [1.54, 1.807) is 0 Å². The first-order valence-electron chi connectivity index (χ1n) is 14.9. The largest absolute Gasteiger partial charge is 0.394 e. The van der Waals surface area contributed by atoms with Crippen LogP contribution >= 0.6 is 0 Å². The van der Waals surface area contributed by atoms with Gasteiger partial charge in [-0.1, -0.05) is 39.0 Å². The van der Waals surface area contributed by atoms with Crippen molar-refractivity contribution in [3.05, 3.63) is 0 Å². The zero-order valence-corrected chi connectivity index (χ0v) is 24.6. The van der Waals surface area contributed by atoms with Crippen LogP contribution in [0.4, 0.5) is 0 Å². The van der Waals surface area contributed by atoms with Crippen molar-refractivity contribution in [2.75, 3.05) is 33.5 Å². The van der Waals surface area contributed by atoms with Crippen LogP contribution in [0.5, 0.6) is 0 Å². The maximum Gasteiger partial charge on any atom is 0.187 e. The summed E-state index contributed by atoms with van der Waals surface area (Å²) in [7, 11) is 1.36. The van der Waals surface area contributed by atoms with Crippen molar-refractivity contribution < 1.29 is 79.1 Å². The van der Waals surface area contributed by atoms with Gasteiger partial charge in [-0.3, -0.25) is 0 Å². The van der Waals surface area contributed by atoms with Gasteiger partial charge >= 0.3 is 0 Å². The molecule has 0 aromatic rings. The van der Waals surface area contributed by atoms with Crippen molar-refractivity contribution >= 4 is 0 Å². The van der Waals surface area contributed by atoms with E-state index in [-0.39, 0.29) is 13.2 Å². The molecule has 16 heteroatoms. The predicted octanol–water partition coefficient (Wildman–Crippen LogP) is -3.53. The van der Waals surface area contributed by atoms with Crippen molar-refractivity contribution in [2.45, 2.75) is 138 Å². The highest BCUT2D eigenvalue weighted by Gasteiger charge is 2.52. The third kappa shape index (κ3) is 9.45. The minimum absolute atomic E-state index is 0.108. The van der Waals surface area contributed by atoms with Crippen LogP contribution in [-0.4, -0.2) is 172 Å². The molecular formula is C27H50O16. The van der Waals surface area contributed by atoms with Gasteiger partial charge in [0.15, 0.2) is 18.9 Å². The van der Waals surface area contributed by atoms with E-state index in [1.807, 2.05) is 0 Å².